The highest BCUT2D eigenvalue weighted by Gasteiger charge is 2.15. The van der Waals surface area contributed by atoms with Crippen LogP contribution in [0.3, 0.4) is 0 Å². The highest BCUT2D eigenvalue weighted by Crippen LogP contribution is 2.13. The van der Waals surface area contributed by atoms with Crippen LogP contribution in [-0.4, -0.2) is 39.7 Å². The molecule has 0 aromatic carbocycles. The number of aromatic nitrogens is 4. The quantitative estimate of drug-likeness (QED) is 0.711. The number of rotatable bonds is 3. The lowest BCUT2D eigenvalue weighted by atomic mass is 10.4. The Kier molecular flexibility index (Phi) is 3.32. The van der Waals surface area contributed by atoms with Crippen molar-refractivity contribution in [3.8, 4) is 11.7 Å². The molecule has 0 fully saturated rings. The van der Waals surface area contributed by atoms with Crippen molar-refractivity contribution < 1.29 is 14.3 Å². The molecule has 2 rings (SSSR count). The topological polar surface area (TPSA) is 88.2 Å². The van der Waals surface area contributed by atoms with Gasteiger partial charge >= 0.3 is 5.97 Å². The van der Waals surface area contributed by atoms with E-state index >= 15 is 0 Å². The first-order chi connectivity index (χ1) is 9.06. The third-order valence-corrected chi connectivity index (χ3v) is 2.45. The molecule has 0 atom stereocenters. The van der Waals surface area contributed by atoms with Gasteiger partial charge in [0.1, 0.15) is 0 Å². The van der Waals surface area contributed by atoms with Crippen molar-refractivity contribution in [2.75, 3.05) is 14.2 Å². The molecule has 0 N–H and O–H groups in total. The van der Waals surface area contributed by atoms with Gasteiger partial charge in [-0.15, -0.1) is 5.10 Å². The predicted molar refractivity (Wildman–Crippen MR) is 64.5 cm³/mol. The van der Waals surface area contributed by atoms with E-state index in [0.717, 1.165) is 0 Å². The van der Waals surface area contributed by atoms with E-state index in [-0.39, 0.29) is 5.69 Å². The molecule has 0 aliphatic carbocycles. The number of esters is 1. The highest BCUT2D eigenvalue weighted by molar-refractivity contribution is 5.86. The second kappa shape index (κ2) is 4.92. The molecule has 0 bridgehead atoms. The molecular formula is C11H12N4O4. The summed E-state index contributed by atoms with van der Waals surface area (Å²) in [6.07, 6.45) is 1.41. The molecule has 2 aromatic heterocycles. The van der Waals surface area contributed by atoms with Gasteiger partial charge in [-0.3, -0.25) is 4.79 Å². The Bertz CT molecular complexity index is 674. The van der Waals surface area contributed by atoms with E-state index in [4.69, 9.17) is 4.74 Å². The average Bonchev–Trinajstić information content (AvgIpc) is 2.79. The normalized spacial score (nSPS) is 10.3. The summed E-state index contributed by atoms with van der Waals surface area (Å²) >= 11 is 0. The fourth-order valence-corrected chi connectivity index (χ4v) is 1.51. The third-order valence-electron chi connectivity index (χ3n) is 2.45. The van der Waals surface area contributed by atoms with E-state index in [1.54, 1.807) is 13.1 Å². The fraction of sp³-hybridized carbons (Fsp3) is 0.273. The summed E-state index contributed by atoms with van der Waals surface area (Å²) in [4.78, 5) is 22.9. The maximum Gasteiger partial charge on any atom is 0.362 e. The van der Waals surface area contributed by atoms with Gasteiger partial charge in [0, 0.05) is 25.4 Å². The van der Waals surface area contributed by atoms with Crippen LogP contribution in [0.25, 0.3) is 5.82 Å². The summed E-state index contributed by atoms with van der Waals surface area (Å²) in [5, 5.41) is 8.05. The zero-order chi connectivity index (χ0) is 14.0. The molecule has 0 saturated carbocycles. The number of hydrogen-bond donors (Lipinski definition) is 0. The number of methoxy groups -OCH3 is 2. The van der Waals surface area contributed by atoms with Crippen LogP contribution in [0.4, 0.5) is 0 Å². The summed E-state index contributed by atoms with van der Waals surface area (Å²) < 4.78 is 12.4. The van der Waals surface area contributed by atoms with Crippen LogP contribution in [0.1, 0.15) is 10.5 Å². The van der Waals surface area contributed by atoms with E-state index in [1.807, 2.05) is 0 Å². The number of carbonyl (C=O) groups is 1. The standard InChI is InChI=1S/C11H12N4O4/c1-14-9(18-2)6-8(12-14)15-5-4-7(16)10(13-15)11(17)19-3/h4-6H,1-3H3. The number of carbonyl (C=O) groups excluding carboxylic acids is 1. The summed E-state index contributed by atoms with van der Waals surface area (Å²) in [7, 11) is 4.40. The van der Waals surface area contributed by atoms with Crippen LogP contribution in [0, 0.1) is 0 Å². The zero-order valence-corrected chi connectivity index (χ0v) is 10.7. The summed E-state index contributed by atoms with van der Waals surface area (Å²) in [5.74, 6) is 0.155. The molecule has 0 unspecified atom stereocenters. The van der Waals surface area contributed by atoms with Crippen LogP contribution in [0.2, 0.25) is 0 Å². The third kappa shape index (κ3) is 2.32. The van der Waals surface area contributed by atoms with Gasteiger partial charge in [0.2, 0.25) is 17.0 Å². The maximum atomic E-state index is 11.5. The molecular weight excluding hydrogens is 252 g/mol. The lowest BCUT2D eigenvalue weighted by Crippen LogP contribution is -2.21. The van der Waals surface area contributed by atoms with E-state index in [2.05, 4.69) is 14.9 Å². The maximum absolute atomic E-state index is 11.5. The molecule has 100 valence electrons. The van der Waals surface area contributed by atoms with Gasteiger partial charge in [-0.25, -0.2) is 14.2 Å². The Labute approximate surface area is 108 Å². The fourth-order valence-electron chi connectivity index (χ4n) is 1.51. The first-order valence-electron chi connectivity index (χ1n) is 5.33. The van der Waals surface area contributed by atoms with Gasteiger partial charge in [0.15, 0.2) is 5.82 Å². The zero-order valence-electron chi connectivity index (χ0n) is 10.7. The smallest absolute Gasteiger partial charge is 0.362 e. The minimum atomic E-state index is -0.790. The van der Waals surface area contributed by atoms with Crippen LogP contribution in [0.5, 0.6) is 5.88 Å². The largest absolute Gasteiger partial charge is 0.481 e. The Morgan fingerprint density at radius 2 is 2.05 bits per heavy atom. The van der Waals surface area contributed by atoms with E-state index in [9.17, 15) is 9.59 Å². The van der Waals surface area contributed by atoms with Crippen LogP contribution in [0.15, 0.2) is 23.1 Å². The van der Waals surface area contributed by atoms with E-state index in [0.29, 0.717) is 11.7 Å². The Balaban J connectivity index is 2.51. The lowest BCUT2D eigenvalue weighted by molar-refractivity contribution is 0.0590. The average molecular weight is 264 g/mol. The van der Waals surface area contributed by atoms with Crippen molar-refractivity contribution in [1.29, 1.82) is 0 Å². The Hall–Kier alpha value is -2.64. The molecule has 19 heavy (non-hydrogen) atoms. The molecule has 8 heteroatoms. The molecule has 0 radical (unpaired) electrons. The highest BCUT2D eigenvalue weighted by atomic mass is 16.5. The second-order valence-corrected chi connectivity index (χ2v) is 3.63. The van der Waals surface area contributed by atoms with Crippen LogP contribution < -0.4 is 10.2 Å². The molecule has 0 amide bonds. The number of nitrogens with zero attached hydrogens (tertiary/aromatic N) is 4. The first kappa shape index (κ1) is 12.8. The summed E-state index contributed by atoms with van der Waals surface area (Å²) in [6.45, 7) is 0. The van der Waals surface area contributed by atoms with Crippen LogP contribution in [-0.2, 0) is 11.8 Å². The van der Waals surface area contributed by atoms with Gasteiger partial charge in [0.25, 0.3) is 0 Å². The second-order valence-electron chi connectivity index (χ2n) is 3.63. The van der Waals surface area contributed by atoms with E-state index < -0.39 is 11.4 Å². The van der Waals surface area contributed by atoms with E-state index in [1.165, 1.54) is 35.8 Å². The number of ether oxygens (including phenoxy) is 2. The van der Waals surface area contributed by atoms with Gasteiger partial charge in [0.05, 0.1) is 14.2 Å². The molecule has 0 aliphatic rings. The van der Waals surface area contributed by atoms with Crippen molar-refractivity contribution in [3.05, 3.63) is 34.2 Å². The van der Waals surface area contributed by atoms with Gasteiger partial charge in [-0.2, -0.15) is 5.10 Å². The molecule has 0 aliphatic heterocycles. The molecule has 2 heterocycles. The minimum absolute atomic E-state index is 0.297. The SMILES string of the molecule is COC(=O)c1nn(-c2cc(OC)n(C)n2)ccc1=O. The molecule has 0 spiro atoms. The summed E-state index contributed by atoms with van der Waals surface area (Å²) in [6, 6.07) is 2.85. The molecule has 0 saturated heterocycles. The molecule has 2 aromatic rings. The van der Waals surface area contributed by atoms with Gasteiger partial charge < -0.3 is 9.47 Å². The lowest BCUT2D eigenvalue weighted by Gasteiger charge is -2.02. The predicted octanol–water partition coefficient (Wildman–Crippen LogP) is -0.239. The van der Waals surface area contributed by atoms with Crippen molar-refractivity contribution in [2.24, 2.45) is 7.05 Å². The first-order valence-corrected chi connectivity index (χ1v) is 5.33. The van der Waals surface area contributed by atoms with Crippen molar-refractivity contribution >= 4 is 5.97 Å². The number of aryl methyl sites for hydroxylation is 1. The van der Waals surface area contributed by atoms with Gasteiger partial charge in [-0.1, -0.05) is 0 Å². The van der Waals surface area contributed by atoms with Crippen molar-refractivity contribution in [2.45, 2.75) is 0 Å². The van der Waals surface area contributed by atoms with Crippen molar-refractivity contribution in [1.82, 2.24) is 19.6 Å². The summed E-state index contributed by atoms with van der Waals surface area (Å²) in [5.41, 5.74) is -0.805. The minimum Gasteiger partial charge on any atom is -0.481 e. The van der Waals surface area contributed by atoms with Crippen LogP contribution >= 0.6 is 0 Å². The number of hydrogen-bond acceptors (Lipinski definition) is 6. The van der Waals surface area contributed by atoms with Crippen molar-refractivity contribution in [3.63, 3.8) is 0 Å². The Morgan fingerprint density at radius 3 is 2.63 bits per heavy atom. The monoisotopic (exact) mass is 264 g/mol. The van der Waals surface area contributed by atoms with Gasteiger partial charge in [-0.05, 0) is 0 Å². The Morgan fingerprint density at radius 1 is 1.32 bits per heavy atom. The molecule has 8 nitrogen and oxygen atoms in total.